The van der Waals surface area contributed by atoms with Crippen LogP contribution >= 0.6 is 0 Å². The van der Waals surface area contributed by atoms with Gasteiger partial charge in [0.05, 0.1) is 4.90 Å². The quantitative estimate of drug-likeness (QED) is 0.718. The van der Waals surface area contributed by atoms with Crippen molar-refractivity contribution >= 4 is 21.6 Å². The molecule has 0 saturated carbocycles. The Kier molecular flexibility index (Phi) is 4.06. The summed E-state index contributed by atoms with van der Waals surface area (Å²) >= 11 is 0. The summed E-state index contributed by atoms with van der Waals surface area (Å²) in [6.45, 7) is 0.875. The summed E-state index contributed by atoms with van der Waals surface area (Å²) in [7, 11) is -3.60. The first-order valence-corrected chi connectivity index (χ1v) is 7.63. The van der Waals surface area contributed by atoms with Gasteiger partial charge < -0.3 is 11.1 Å². The molecule has 1 aliphatic rings. The van der Waals surface area contributed by atoms with Crippen molar-refractivity contribution in [2.75, 3.05) is 18.4 Å². The number of carbonyl (C=O) groups excluding carboxylic acids is 1. The summed E-state index contributed by atoms with van der Waals surface area (Å²) in [5.41, 5.74) is 6.66. The molecule has 1 heterocycles. The van der Waals surface area contributed by atoms with E-state index in [1.807, 2.05) is 6.07 Å². The number of benzene rings is 1. The van der Waals surface area contributed by atoms with E-state index in [-0.39, 0.29) is 17.9 Å². The van der Waals surface area contributed by atoms with Gasteiger partial charge in [-0.2, -0.15) is 0 Å². The Morgan fingerprint density at radius 3 is 2.95 bits per heavy atom. The summed E-state index contributed by atoms with van der Waals surface area (Å²) in [6.07, 6.45) is 1.63. The van der Waals surface area contributed by atoms with Crippen molar-refractivity contribution in [3.05, 3.63) is 23.8 Å². The van der Waals surface area contributed by atoms with Crippen LogP contribution in [0, 0.1) is 0 Å². The molecule has 0 aliphatic carbocycles. The van der Waals surface area contributed by atoms with Gasteiger partial charge in [0.1, 0.15) is 0 Å². The maximum Gasteiger partial charge on any atom is 0.240 e. The highest BCUT2D eigenvalue weighted by atomic mass is 32.2. The first-order chi connectivity index (χ1) is 9.00. The number of amides is 1. The molecule has 7 heteroatoms. The summed E-state index contributed by atoms with van der Waals surface area (Å²) < 4.78 is 26.8. The van der Waals surface area contributed by atoms with Crippen molar-refractivity contribution in [3.8, 4) is 0 Å². The summed E-state index contributed by atoms with van der Waals surface area (Å²) in [5.74, 6) is -0.528. The van der Waals surface area contributed by atoms with Gasteiger partial charge in [-0.25, -0.2) is 13.1 Å². The number of hydrogen-bond acceptors (Lipinski definition) is 4. The Hall–Kier alpha value is -1.60. The van der Waals surface area contributed by atoms with Gasteiger partial charge in [-0.3, -0.25) is 4.79 Å². The number of rotatable bonds is 5. The highest BCUT2D eigenvalue weighted by Crippen LogP contribution is 2.28. The zero-order chi connectivity index (χ0) is 13.9. The van der Waals surface area contributed by atoms with Crippen LogP contribution in [-0.2, 0) is 21.2 Å². The molecular weight excluding hydrogens is 266 g/mol. The fourth-order valence-corrected chi connectivity index (χ4v) is 3.44. The lowest BCUT2D eigenvalue weighted by Gasteiger charge is -2.20. The van der Waals surface area contributed by atoms with Gasteiger partial charge >= 0.3 is 0 Å². The second-order valence-corrected chi connectivity index (χ2v) is 6.16. The van der Waals surface area contributed by atoms with Crippen LogP contribution in [0.4, 0.5) is 5.69 Å². The number of primary amides is 1. The van der Waals surface area contributed by atoms with Crippen molar-refractivity contribution in [3.63, 3.8) is 0 Å². The molecule has 0 radical (unpaired) electrons. The third-order valence-electron chi connectivity index (χ3n) is 3.01. The SMILES string of the molecule is NC(=O)CCNS(=O)(=O)c1cccc2c1CCCN2. The van der Waals surface area contributed by atoms with E-state index in [0.717, 1.165) is 30.6 Å². The van der Waals surface area contributed by atoms with Gasteiger partial charge in [0.15, 0.2) is 0 Å². The molecule has 1 aromatic rings. The Labute approximate surface area is 112 Å². The van der Waals surface area contributed by atoms with Crippen molar-refractivity contribution in [1.29, 1.82) is 0 Å². The smallest absolute Gasteiger partial charge is 0.240 e. The topological polar surface area (TPSA) is 101 Å². The highest BCUT2D eigenvalue weighted by molar-refractivity contribution is 7.89. The molecule has 1 aromatic carbocycles. The van der Waals surface area contributed by atoms with E-state index in [4.69, 9.17) is 5.73 Å². The van der Waals surface area contributed by atoms with Crippen LogP contribution in [0.5, 0.6) is 0 Å². The third kappa shape index (κ3) is 3.24. The molecule has 0 fully saturated rings. The van der Waals surface area contributed by atoms with Crippen molar-refractivity contribution in [2.45, 2.75) is 24.2 Å². The lowest BCUT2D eigenvalue weighted by atomic mass is 10.0. The number of sulfonamides is 1. The van der Waals surface area contributed by atoms with Crippen LogP contribution in [0.3, 0.4) is 0 Å². The van der Waals surface area contributed by atoms with E-state index < -0.39 is 15.9 Å². The zero-order valence-electron chi connectivity index (χ0n) is 10.5. The first kappa shape index (κ1) is 13.8. The van der Waals surface area contributed by atoms with Gasteiger partial charge in [-0.15, -0.1) is 0 Å². The molecule has 0 saturated heterocycles. The van der Waals surface area contributed by atoms with Crippen LogP contribution in [-0.4, -0.2) is 27.4 Å². The normalized spacial score (nSPS) is 14.5. The molecule has 104 valence electrons. The van der Waals surface area contributed by atoms with E-state index >= 15 is 0 Å². The van der Waals surface area contributed by atoms with Crippen LogP contribution in [0.1, 0.15) is 18.4 Å². The van der Waals surface area contributed by atoms with Crippen molar-refractivity contribution < 1.29 is 13.2 Å². The maximum absolute atomic E-state index is 12.2. The molecule has 2 rings (SSSR count). The Morgan fingerprint density at radius 2 is 2.21 bits per heavy atom. The third-order valence-corrected chi connectivity index (χ3v) is 4.55. The largest absolute Gasteiger partial charge is 0.385 e. The molecule has 1 aliphatic heterocycles. The standard InChI is InChI=1S/C12H17N3O3S/c13-12(16)6-8-15-19(17,18)11-5-1-4-10-9(11)3-2-7-14-10/h1,4-5,14-15H,2-3,6-8H2,(H2,13,16). The van der Waals surface area contributed by atoms with Gasteiger partial charge in [0.25, 0.3) is 0 Å². The van der Waals surface area contributed by atoms with Crippen molar-refractivity contribution in [2.24, 2.45) is 5.73 Å². The molecule has 4 N–H and O–H groups in total. The fraction of sp³-hybridized carbons (Fsp3) is 0.417. The Balaban J connectivity index is 2.23. The maximum atomic E-state index is 12.2. The van der Waals surface area contributed by atoms with Crippen LogP contribution < -0.4 is 15.8 Å². The highest BCUT2D eigenvalue weighted by Gasteiger charge is 2.21. The average Bonchev–Trinajstić information content (AvgIpc) is 2.37. The molecule has 0 unspecified atom stereocenters. The van der Waals surface area contributed by atoms with Gasteiger partial charge in [-0.05, 0) is 30.5 Å². The Bertz CT molecular complexity index is 584. The van der Waals surface area contributed by atoms with E-state index in [0.29, 0.717) is 0 Å². The van der Waals surface area contributed by atoms with Crippen LogP contribution in [0.15, 0.2) is 23.1 Å². The predicted molar refractivity (Wildman–Crippen MR) is 72.3 cm³/mol. The molecule has 0 bridgehead atoms. The average molecular weight is 283 g/mol. The van der Waals surface area contributed by atoms with E-state index in [9.17, 15) is 13.2 Å². The number of anilines is 1. The summed E-state index contributed by atoms with van der Waals surface area (Å²) in [5, 5.41) is 3.18. The molecule has 0 spiro atoms. The molecule has 6 nitrogen and oxygen atoms in total. The molecule has 0 aromatic heterocycles. The minimum Gasteiger partial charge on any atom is -0.385 e. The van der Waals surface area contributed by atoms with E-state index in [1.54, 1.807) is 12.1 Å². The van der Waals surface area contributed by atoms with Gasteiger partial charge in [-0.1, -0.05) is 6.07 Å². The van der Waals surface area contributed by atoms with Gasteiger partial charge in [0, 0.05) is 25.2 Å². The number of carbonyl (C=O) groups is 1. The number of nitrogens with one attached hydrogen (secondary N) is 2. The summed E-state index contributed by atoms with van der Waals surface area (Å²) in [4.78, 5) is 10.9. The minimum atomic E-state index is -3.60. The van der Waals surface area contributed by atoms with Crippen LogP contribution in [0.25, 0.3) is 0 Å². The second kappa shape index (κ2) is 5.58. The van der Waals surface area contributed by atoms with Crippen LogP contribution in [0.2, 0.25) is 0 Å². The summed E-state index contributed by atoms with van der Waals surface area (Å²) in [6, 6.07) is 5.16. The Morgan fingerprint density at radius 1 is 1.42 bits per heavy atom. The van der Waals surface area contributed by atoms with E-state index in [1.165, 1.54) is 0 Å². The molecular formula is C12H17N3O3S. The zero-order valence-corrected chi connectivity index (χ0v) is 11.3. The first-order valence-electron chi connectivity index (χ1n) is 6.14. The molecule has 1 amide bonds. The number of hydrogen-bond donors (Lipinski definition) is 3. The predicted octanol–water partition coefficient (Wildman–Crippen LogP) is 0.198. The second-order valence-electron chi connectivity index (χ2n) is 4.43. The van der Waals surface area contributed by atoms with E-state index in [2.05, 4.69) is 10.0 Å². The monoisotopic (exact) mass is 283 g/mol. The molecule has 19 heavy (non-hydrogen) atoms. The van der Waals surface area contributed by atoms with Gasteiger partial charge in [0.2, 0.25) is 15.9 Å². The number of nitrogens with two attached hydrogens (primary N) is 1. The lowest BCUT2D eigenvalue weighted by molar-refractivity contribution is -0.117. The minimum absolute atomic E-state index is 0.00744. The molecule has 0 atom stereocenters. The lowest BCUT2D eigenvalue weighted by Crippen LogP contribution is -2.29. The van der Waals surface area contributed by atoms with Crippen molar-refractivity contribution in [1.82, 2.24) is 4.72 Å². The fourth-order valence-electron chi connectivity index (χ4n) is 2.12. The number of fused-ring (bicyclic) bond motifs is 1.